The Morgan fingerprint density at radius 2 is 1.94 bits per heavy atom. The van der Waals surface area contributed by atoms with Crippen molar-refractivity contribution in [3.8, 4) is 0 Å². The molecule has 1 fully saturated rings. The van der Waals surface area contributed by atoms with Gasteiger partial charge >= 0.3 is 0 Å². The molecule has 0 saturated carbocycles. The van der Waals surface area contributed by atoms with Gasteiger partial charge in [-0.2, -0.15) is 0 Å². The maximum absolute atomic E-state index is 13.9. The molecule has 1 aromatic rings. The van der Waals surface area contributed by atoms with Crippen molar-refractivity contribution in [2.45, 2.75) is 20.3 Å². The van der Waals surface area contributed by atoms with Crippen molar-refractivity contribution in [3.63, 3.8) is 0 Å². The second-order valence-electron chi connectivity index (χ2n) is 4.90. The normalized spacial score (nSPS) is 17.4. The van der Waals surface area contributed by atoms with Crippen LogP contribution < -0.4 is 5.32 Å². The predicted molar refractivity (Wildman–Crippen MR) is 68.9 cm³/mol. The van der Waals surface area contributed by atoms with Crippen LogP contribution in [0.25, 0.3) is 0 Å². The molecule has 1 aromatic carbocycles. The maximum Gasteiger partial charge on any atom is 0.129 e. The molecule has 1 aliphatic heterocycles. The second kappa shape index (κ2) is 5.61. The Morgan fingerprint density at radius 3 is 2.65 bits per heavy atom. The first-order valence-corrected chi connectivity index (χ1v) is 6.35. The summed E-state index contributed by atoms with van der Waals surface area (Å²) in [4.78, 5) is 2.40. The molecule has 0 radical (unpaired) electrons. The van der Waals surface area contributed by atoms with Gasteiger partial charge in [0.05, 0.1) is 0 Å². The van der Waals surface area contributed by atoms with Crippen LogP contribution >= 0.6 is 0 Å². The van der Waals surface area contributed by atoms with Gasteiger partial charge in [0.15, 0.2) is 0 Å². The van der Waals surface area contributed by atoms with E-state index in [1.165, 1.54) is 0 Å². The monoisotopic (exact) mass is 236 g/mol. The number of aryl methyl sites for hydroxylation is 2. The van der Waals surface area contributed by atoms with Gasteiger partial charge in [-0.15, -0.1) is 0 Å². The summed E-state index contributed by atoms with van der Waals surface area (Å²) in [6, 6.07) is 3.88. The van der Waals surface area contributed by atoms with Crippen LogP contribution in [0.1, 0.15) is 16.7 Å². The van der Waals surface area contributed by atoms with Crippen molar-refractivity contribution in [1.29, 1.82) is 0 Å². The molecule has 0 aliphatic carbocycles. The topological polar surface area (TPSA) is 15.3 Å². The molecule has 0 spiro atoms. The highest BCUT2D eigenvalue weighted by Gasteiger charge is 2.11. The molecule has 0 unspecified atom stereocenters. The minimum atomic E-state index is -0.0225. The summed E-state index contributed by atoms with van der Waals surface area (Å²) >= 11 is 0. The summed E-state index contributed by atoms with van der Waals surface area (Å²) < 4.78 is 13.9. The Balaban J connectivity index is 1.98. The predicted octanol–water partition coefficient (Wildman–Crippen LogP) is 1.89. The lowest BCUT2D eigenvalue weighted by Gasteiger charge is -2.27. The van der Waals surface area contributed by atoms with E-state index in [4.69, 9.17) is 0 Å². The molecule has 0 amide bonds. The highest BCUT2D eigenvalue weighted by molar-refractivity contribution is 5.30. The molecule has 2 rings (SSSR count). The number of benzene rings is 1. The van der Waals surface area contributed by atoms with Gasteiger partial charge in [-0.05, 0) is 31.4 Å². The van der Waals surface area contributed by atoms with Crippen LogP contribution in [0.4, 0.5) is 4.39 Å². The molecule has 17 heavy (non-hydrogen) atoms. The number of nitrogens with zero attached hydrogens (tertiary/aromatic N) is 1. The van der Waals surface area contributed by atoms with Gasteiger partial charge in [-0.25, -0.2) is 4.39 Å². The quantitative estimate of drug-likeness (QED) is 0.862. The summed E-state index contributed by atoms with van der Waals surface area (Å²) in [7, 11) is 0. The Kier molecular flexibility index (Phi) is 4.13. The Hall–Kier alpha value is -0.930. The van der Waals surface area contributed by atoms with Gasteiger partial charge in [-0.3, -0.25) is 0 Å². The fourth-order valence-electron chi connectivity index (χ4n) is 2.43. The van der Waals surface area contributed by atoms with E-state index in [0.717, 1.165) is 55.8 Å². The minimum Gasteiger partial charge on any atom is -0.314 e. The van der Waals surface area contributed by atoms with Gasteiger partial charge < -0.3 is 10.2 Å². The SMILES string of the molecule is Cc1cc(C)c(F)c(CCN2CCNCC2)c1. The van der Waals surface area contributed by atoms with Gasteiger partial charge in [0.1, 0.15) is 5.82 Å². The lowest BCUT2D eigenvalue weighted by atomic mass is 10.0. The average Bonchev–Trinajstić information content (AvgIpc) is 2.33. The van der Waals surface area contributed by atoms with Gasteiger partial charge in [0.2, 0.25) is 0 Å². The first-order chi connectivity index (χ1) is 8.16. The largest absolute Gasteiger partial charge is 0.314 e. The highest BCUT2D eigenvalue weighted by atomic mass is 19.1. The van der Waals surface area contributed by atoms with E-state index in [1.807, 2.05) is 26.0 Å². The number of hydrogen-bond donors (Lipinski definition) is 1. The average molecular weight is 236 g/mol. The summed E-state index contributed by atoms with van der Waals surface area (Å²) in [5.74, 6) is -0.0225. The molecule has 1 N–H and O–H groups in total. The lowest BCUT2D eigenvalue weighted by molar-refractivity contribution is 0.243. The third-order valence-electron chi connectivity index (χ3n) is 3.38. The van der Waals surface area contributed by atoms with Crippen molar-refractivity contribution in [1.82, 2.24) is 10.2 Å². The van der Waals surface area contributed by atoms with Gasteiger partial charge in [0, 0.05) is 32.7 Å². The molecular formula is C14H21FN2. The Bertz CT molecular complexity index is 384. The third-order valence-corrected chi connectivity index (χ3v) is 3.38. The van der Waals surface area contributed by atoms with Crippen molar-refractivity contribution in [2.75, 3.05) is 32.7 Å². The Labute approximate surface area is 103 Å². The first kappa shape index (κ1) is 12.5. The van der Waals surface area contributed by atoms with E-state index in [1.54, 1.807) is 0 Å². The first-order valence-electron chi connectivity index (χ1n) is 6.35. The van der Waals surface area contributed by atoms with Crippen molar-refractivity contribution < 1.29 is 4.39 Å². The molecule has 1 heterocycles. The van der Waals surface area contributed by atoms with Crippen LogP contribution in [0, 0.1) is 19.7 Å². The van der Waals surface area contributed by atoms with E-state index in [9.17, 15) is 4.39 Å². The van der Waals surface area contributed by atoms with E-state index >= 15 is 0 Å². The fourth-order valence-corrected chi connectivity index (χ4v) is 2.43. The number of nitrogens with one attached hydrogen (secondary N) is 1. The van der Waals surface area contributed by atoms with E-state index in [0.29, 0.717) is 0 Å². The van der Waals surface area contributed by atoms with Crippen LogP contribution in [0.3, 0.4) is 0 Å². The summed E-state index contributed by atoms with van der Waals surface area (Å²) in [6.07, 6.45) is 0.814. The molecule has 1 saturated heterocycles. The van der Waals surface area contributed by atoms with Crippen LogP contribution in [-0.4, -0.2) is 37.6 Å². The third kappa shape index (κ3) is 3.27. The van der Waals surface area contributed by atoms with Crippen molar-refractivity contribution in [3.05, 3.63) is 34.6 Å². The molecule has 3 heteroatoms. The van der Waals surface area contributed by atoms with Crippen molar-refractivity contribution >= 4 is 0 Å². The zero-order valence-electron chi connectivity index (χ0n) is 10.7. The lowest BCUT2D eigenvalue weighted by Crippen LogP contribution is -2.44. The van der Waals surface area contributed by atoms with Crippen LogP contribution in [0.15, 0.2) is 12.1 Å². The van der Waals surface area contributed by atoms with Crippen molar-refractivity contribution in [2.24, 2.45) is 0 Å². The molecule has 0 aromatic heterocycles. The second-order valence-corrected chi connectivity index (χ2v) is 4.90. The fraction of sp³-hybridized carbons (Fsp3) is 0.571. The van der Waals surface area contributed by atoms with Gasteiger partial charge in [0.25, 0.3) is 0 Å². The van der Waals surface area contributed by atoms with Crippen LogP contribution in [0.5, 0.6) is 0 Å². The zero-order valence-corrected chi connectivity index (χ0v) is 10.7. The zero-order chi connectivity index (χ0) is 12.3. The van der Waals surface area contributed by atoms with Crippen LogP contribution in [-0.2, 0) is 6.42 Å². The summed E-state index contributed by atoms with van der Waals surface area (Å²) in [6.45, 7) is 9.09. The molecule has 1 aliphatic rings. The molecule has 0 atom stereocenters. The number of rotatable bonds is 3. The molecule has 2 nitrogen and oxygen atoms in total. The number of halogens is 1. The van der Waals surface area contributed by atoms with E-state index < -0.39 is 0 Å². The highest BCUT2D eigenvalue weighted by Crippen LogP contribution is 2.16. The van der Waals surface area contributed by atoms with Crippen LogP contribution in [0.2, 0.25) is 0 Å². The molecule has 0 bridgehead atoms. The van der Waals surface area contributed by atoms with E-state index in [-0.39, 0.29) is 5.82 Å². The smallest absolute Gasteiger partial charge is 0.129 e. The molecule has 94 valence electrons. The minimum absolute atomic E-state index is 0.0225. The van der Waals surface area contributed by atoms with Gasteiger partial charge in [-0.1, -0.05) is 17.7 Å². The van der Waals surface area contributed by atoms with E-state index in [2.05, 4.69) is 10.2 Å². The summed E-state index contributed by atoms with van der Waals surface area (Å²) in [5.41, 5.74) is 2.78. The standard InChI is InChI=1S/C14H21FN2/c1-11-9-12(2)14(15)13(10-11)3-6-17-7-4-16-5-8-17/h9-10,16H,3-8H2,1-2H3. The number of hydrogen-bond acceptors (Lipinski definition) is 2. The molecular weight excluding hydrogens is 215 g/mol. The summed E-state index contributed by atoms with van der Waals surface area (Å²) in [5, 5.41) is 3.33. The maximum atomic E-state index is 13.9. The Morgan fingerprint density at radius 1 is 1.24 bits per heavy atom. The number of piperazine rings is 1.